The Morgan fingerprint density at radius 2 is 1.65 bits per heavy atom. The molecule has 0 spiro atoms. The van der Waals surface area contributed by atoms with Gasteiger partial charge in [0.1, 0.15) is 5.75 Å². The van der Waals surface area contributed by atoms with Crippen LogP contribution in [0.15, 0.2) is 48.5 Å². The zero-order valence-corrected chi connectivity index (χ0v) is 15.0. The molecule has 0 saturated carbocycles. The lowest BCUT2D eigenvalue weighted by Gasteiger charge is -2.08. The molecule has 2 aromatic carbocycles. The van der Waals surface area contributed by atoms with Crippen LogP contribution in [0.4, 0.5) is 0 Å². The van der Waals surface area contributed by atoms with Crippen LogP contribution in [0.2, 0.25) is 5.02 Å². The van der Waals surface area contributed by atoms with Gasteiger partial charge in [0.05, 0.1) is 17.2 Å². The molecule has 0 aliphatic carbocycles. The predicted molar refractivity (Wildman–Crippen MR) is 98.2 cm³/mol. The minimum Gasteiger partial charge on any atom is -0.494 e. The predicted octanol–water partition coefficient (Wildman–Crippen LogP) is 3.16. The standard InChI is InChI=1S/C19H19ClN2O4/c1-2-26-14-9-7-13(8-10-14)17(23)11-12-18(24)21-22-19(25)15-5-3-4-6-16(15)20/h3-10H,2,11-12H2,1H3,(H,21,24)(H,22,25). The molecular formula is C19H19ClN2O4. The summed E-state index contributed by atoms with van der Waals surface area (Å²) in [6, 6.07) is 13.2. The van der Waals surface area contributed by atoms with E-state index in [2.05, 4.69) is 10.9 Å². The van der Waals surface area contributed by atoms with Gasteiger partial charge in [-0.2, -0.15) is 0 Å². The third kappa shape index (κ3) is 5.60. The molecule has 0 radical (unpaired) electrons. The third-order valence-corrected chi connectivity index (χ3v) is 3.83. The lowest BCUT2D eigenvalue weighted by molar-refractivity contribution is -0.121. The number of benzene rings is 2. The Kier molecular flexibility index (Phi) is 7.17. The molecule has 2 N–H and O–H groups in total. The maximum absolute atomic E-state index is 12.1. The number of ether oxygens (including phenoxy) is 1. The first-order chi connectivity index (χ1) is 12.5. The average Bonchev–Trinajstić information content (AvgIpc) is 2.65. The summed E-state index contributed by atoms with van der Waals surface area (Å²) >= 11 is 5.91. The molecule has 0 heterocycles. The summed E-state index contributed by atoms with van der Waals surface area (Å²) in [5, 5.41) is 0.282. The molecule has 2 rings (SSSR count). The number of amides is 2. The van der Waals surface area contributed by atoms with E-state index in [-0.39, 0.29) is 29.2 Å². The molecule has 0 saturated heterocycles. The molecule has 0 atom stereocenters. The first-order valence-electron chi connectivity index (χ1n) is 8.11. The Hall–Kier alpha value is -2.86. The lowest BCUT2D eigenvalue weighted by Crippen LogP contribution is -2.41. The Bertz CT molecular complexity index is 790. The van der Waals surface area contributed by atoms with E-state index in [4.69, 9.17) is 16.3 Å². The van der Waals surface area contributed by atoms with Crippen LogP contribution in [0.25, 0.3) is 0 Å². The Morgan fingerprint density at radius 3 is 2.31 bits per heavy atom. The van der Waals surface area contributed by atoms with E-state index in [1.165, 1.54) is 0 Å². The maximum atomic E-state index is 12.1. The fraction of sp³-hybridized carbons (Fsp3) is 0.211. The van der Waals surface area contributed by atoms with Crippen molar-refractivity contribution < 1.29 is 19.1 Å². The van der Waals surface area contributed by atoms with E-state index in [9.17, 15) is 14.4 Å². The second-order valence-electron chi connectivity index (χ2n) is 5.36. The summed E-state index contributed by atoms with van der Waals surface area (Å²) in [7, 11) is 0. The molecule has 7 heteroatoms. The largest absolute Gasteiger partial charge is 0.494 e. The third-order valence-electron chi connectivity index (χ3n) is 3.50. The number of carbonyl (C=O) groups excluding carboxylic acids is 3. The number of halogens is 1. The van der Waals surface area contributed by atoms with Crippen LogP contribution in [0.1, 0.15) is 40.5 Å². The van der Waals surface area contributed by atoms with Gasteiger partial charge >= 0.3 is 0 Å². The number of nitrogens with one attached hydrogen (secondary N) is 2. The topological polar surface area (TPSA) is 84.5 Å². The smallest absolute Gasteiger partial charge is 0.271 e. The number of hydrogen-bond acceptors (Lipinski definition) is 4. The first kappa shape index (κ1) is 19.5. The highest BCUT2D eigenvalue weighted by molar-refractivity contribution is 6.33. The number of Topliss-reactive ketones (excluding diaryl/α,β-unsaturated/α-hetero) is 1. The van der Waals surface area contributed by atoms with E-state index in [0.29, 0.717) is 17.9 Å². The monoisotopic (exact) mass is 374 g/mol. The van der Waals surface area contributed by atoms with Gasteiger partial charge in [-0.1, -0.05) is 23.7 Å². The highest BCUT2D eigenvalue weighted by atomic mass is 35.5. The Morgan fingerprint density at radius 1 is 0.962 bits per heavy atom. The van der Waals surface area contributed by atoms with Crippen LogP contribution in [0.5, 0.6) is 5.75 Å². The number of hydrogen-bond donors (Lipinski definition) is 2. The van der Waals surface area contributed by atoms with Crippen molar-refractivity contribution in [2.75, 3.05) is 6.61 Å². The van der Waals surface area contributed by atoms with Crippen molar-refractivity contribution in [3.05, 3.63) is 64.7 Å². The number of carbonyl (C=O) groups is 3. The van der Waals surface area contributed by atoms with Gasteiger partial charge in [-0.05, 0) is 43.3 Å². The average molecular weight is 375 g/mol. The zero-order valence-electron chi connectivity index (χ0n) is 14.3. The summed E-state index contributed by atoms with van der Waals surface area (Å²) in [6.07, 6.45) is -0.0172. The SMILES string of the molecule is CCOc1ccc(C(=O)CCC(=O)NNC(=O)c2ccccc2Cl)cc1. The normalized spacial score (nSPS) is 10.1. The molecular weight excluding hydrogens is 356 g/mol. The fourth-order valence-corrected chi connectivity index (χ4v) is 2.40. The quantitative estimate of drug-likeness (QED) is 0.576. The summed E-state index contributed by atoms with van der Waals surface area (Å²) in [4.78, 5) is 35.8. The van der Waals surface area contributed by atoms with Crippen molar-refractivity contribution in [1.29, 1.82) is 0 Å². The summed E-state index contributed by atoms with van der Waals surface area (Å²) in [5.41, 5.74) is 5.30. The highest BCUT2D eigenvalue weighted by Gasteiger charge is 2.12. The molecule has 0 bridgehead atoms. The second-order valence-corrected chi connectivity index (χ2v) is 5.77. The van der Waals surface area contributed by atoms with Crippen molar-refractivity contribution in [2.24, 2.45) is 0 Å². The van der Waals surface area contributed by atoms with Crippen LogP contribution in [-0.4, -0.2) is 24.2 Å². The molecule has 0 aliphatic rings. The van der Waals surface area contributed by atoms with Crippen molar-refractivity contribution >= 4 is 29.2 Å². The first-order valence-corrected chi connectivity index (χ1v) is 8.49. The Balaban J connectivity index is 1.78. The van der Waals surface area contributed by atoms with Gasteiger partial charge in [-0.15, -0.1) is 0 Å². The molecule has 0 aliphatic heterocycles. The number of ketones is 1. The van der Waals surface area contributed by atoms with Crippen LogP contribution in [-0.2, 0) is 4.79 Å². The van der Waals surface area contributed by atoms with Crippen molar-refractivity contribution in [1.82, 2.24) is 10.9 Å². The van der Waals surface area contributed by atoms with E-state index in [1.807, 2.05) is 6.92 Å². The molecule has 2 aromatic rings. The van der Waals surface area contributed by atoms with Gasteiger partial charge in [0.15, 0.2) is 5.78 Å². The number of hydrazine groups is 1. The van der Waals surface area contributed by atoms with Crippen LogP contribution >= 0.6 is 11.6 Å². The maximum Gasteiger partial charge on any atom is 0.271 e. The van der Waals surface area contributed by atoms with Crippen LogP contribution in [0.3, 0.4) is 0 Å². The van der Waals surface area contributed by atoms with Gasteiger partial charge in [0.2, 0.25) is 5.91 Å². The molecule has 26 heavy (non-hydrogen) atoms. The van der Waals surface area contributed by atoms with Crippen LogP contribution in [0, 0.1) is 0 Å². The molecule has 2 amide bonds. The molecule has 6 nitrogen and oxygen atoms in total. The number of rotatable bonds is 7. The lowest BCUT2D eigenvalue weighted by atomic mass is 10.1. The van der Waals surface area contributed by atoms with Crippen molar-refractivity contribution in [2.45, 2.75) is 19.8 Å². The van der Waals surface area contributed by atoms with Crippen molar-refractivity contribution in [3.63, 3.8) is 0 Å². The summed E-state index contributed by atoms with van der Waals surface area (Å²) in [5.74, 6) is -0.476. The fourth-order valence-electron chi connectivity index (χ4n) is 2.18. The zero-order chi connectivity index (χ0) is 18.9. The summed E-state index contributed by atoms with van der Waals surface area (Å²) < 4.78 is 5.31. The minimum absolute atomic E-state index is 0.0295. The van der Waals surface area contributed by atoms with E-state index >= 15 is 0 Å². The van der Waals surface area contributed by atoms with Crippen LogP contribution < -0.4 is 15.6 Å². The molecule has 0 unspecified atom stereocenters. The second kappa shape index (κ2) is 9.58. The van der Waals surface area contributed by atoms with Gasteiger partial charge in [0, 0.05) is 18.4 Å². The van der Waals surface area contributed by atoms with E-state index < -0.39 is 11.8 Å². The minimum atomic E-state index is -0.526. The van der Waals surface area contributed by atoms with Gasteiger partial charge in [0.25, 0.3) is 5.91 Å². The van der Waals surface area contributed by atoms with Crippen molar-refractivity contribution in [3.8, 4) is 5.75 Å². The van der Waals surface area contributed by atoms with Gasteiger partial charge in [-0.3, -0.25) is 25.2 Å². The van der Waals surface area contributed by atoms with E-state index in [1.54, 1.807) is 48.5 Å². The summed E-state index contributed by atoms with van der Waals surface area (Å²) in [6.45, 7) is 2.43. The van der Waals surface area contributed by atoms with E-state index in [0.717, 1.165) is 0 Å². The van der Waals surface area contributed by atoms with Gasteiger partial charge < -0.3 is 4.74 Å². The molecule has 0 aromatic heterocycles. The molecule has 136 valence electrons. The highest BCUT2D eigenvalue weighted by Crippen LogP contribution is 2.15. The van der Waals surface area contributed by atoms with Gasteiger partial charge in [-0.25, -0.2) is 0 Å². The molecule has 0 fully saturated rings. The Labute approximate surface area is 156 Å².